The highest BCUT2D eigenvalue weighted by atomic mass is 16.5. The van der Waals surface area contributed by atoms with Crippen LogP contribution in [0.3, 0.4) is 0 Å². The van der Waals surface area contributed by atoms with E-state index < -0.39 is 6.03 Å². The Balaban J connectivity index is 1.91. The third-order valence-corrected chi connectivity index (χ3v) is 3.47. The molecular formula is C14H20N4O3. The number of nitrogens with two attached hydrogens (primary N) is 1. The van der Waals surface area contributed by atoms with Crippen LogP contribution >= 0.6 is 0 Å². The van der Waals surface area contributed by atoms with Crippen molar-refractivity contribution in [3.63, 3.8) is 0 Å². The maximum Gasteiger partial charge on any atom is 0.312 e. The zero-order valence-corrected chi connectivity index (χ0v) is 12.0. The minimum atomic E-state index is -0.684. The number of para-hydroxylation sites is 2. The van der Waals surface area contributed by atoms with E-state index in [1.165, 1.54) is 0 Å². The van der Waals surface area contributed by atoms with Crippen molar-refractivity contribution in [2.45, 2.75) is 0 Å². The molecule has 3 amide bonds. The largest absolute Gasteiger partial charge is 0.495 e. The molecule has 1 aliphatic rings. The summed E-state index contributed by atoms with van der Waals surface area (Å²) in [7, 11) is 1.65. The van der Waals surface area contributed by atoms with Crippen LogP contribution < -0.4 is 20.7 Å². The summed E-state index contributed by atoms with van der Waals surface area (Å²) in [5, 5.41) is 2.32. The molecule has 1 aromatic rings. The van der Waals surface area contributed by atoms with Crippen LogP contribution in [0.25, 0.3) is 0 Å². The van der Waals surface area contributed by atoms with Crippen molar-refractivity contribution in [1.29, 1.82) is 0 Å². The zero-order chi connectivity index (χ0) is 15.2. The average molecular weight is 292 g/mol. The van der Waals surface area contributed by atoms with Gasteiger partial charge in [0.25, 0.3) is 0 Å². The second kappa shape index (κ2) is 6.83. The van der Waals surface area contributed by atoms with E-state index in [1.54, 1.807) is 12.0 Å². The second-order valence-electron chi connectivity index (χ2n) is 4.76. The summed E-state index contributed by atoms with van der Waals surface area (Å²) >= 11 is 0. The lowest BCUT2D eigenvalue weighted by Crippen LogP contribution is -2.51. The summed E-state index contributed by atoms with van der Waals surface area (Å²) in [6.45, 7) is 2.62. The van der Waals surface area contributed by atoms with Gasteiger partial charge in [-0.1, -0.05) is 12.1 Å². The Morgan fingerprint density at radius 2 is 1.90 bits per heavy atom. The summed E-state index contributed by atoms with van der Waals surface area (Å²) in [4.78, 5) is 26.4. The number of methoxy groups -OCH3 is 1. The lowest BCUT2D eigenvalue weighted by molar-refractivity contribution is -0.130. The number of urea groups is 1. The van der Waals surface area contributed by atoms with Crippen molar-refractivity contribution < 1.29 is 14.3 Å². The van der Waals surface area contributed by atoms with Crippen molar-refractivity contribution in [2.24, 2.45) is 5.73 Å². The third-order valence-electron chi connectivity index (χ3n) is 3.47. The number of anilines is 1. The number of ether oxygens (including phenoxy) is 1. The van der Waals surface area contributed by atoms with Gasteiger partial charge in [0, 0.05) is 26.2 Å². The van der Waals surface area contributed by atoms with Gasteiger partial charge in [0.1, 0.15) is 5.75 Å². The van der Waals surface area contributed by atoms with Gasteiger partial charge in [-0.2, -0.15) is 0 Å². The Bertz CT molecular complexity index is 513. The number of nitrogens with zero attached hydrogens (tertiary/aromatic N) is 2. The van der Waals surface area contributed by atoms with E-state index in [9.17, 15) is 9.59 Å². The summed E-state index contributed by atoms with van der Waals surface area (Å²) in [5.41, 5.74) is 5.99. The Kier molecular flexibility index (Phi) is 4.86. The quantitative estimate of drug-likeness (QED) is 0.818. The first kappa shape index (κ1) is 15.0. The molecule has 0 bridgehead atoms. The van der Waals surface area contributed by atoms with Crippen LogP contribution in [0.15, 0.2) is 24.3 Å². The van der Waals surface area contributed by atoms with Crippen molar-refractivity contribution in [3.05, 3.63) is 24.3 Å². The Hall–Kier alpha value is -2.44. The molecule has 21 heavy (non-hydrogen) atoms. The molecule has 1 heterocycles. The molecule has 7 nitrogen and oxygen atoms in total. The maximum atomic E-state index is 11.9. The van der Waals surface area contributed by atoms with Gasteiger partial charge in [-0.15, -0.1) is 0 Å². The van der Waals surface area contributed by atoms with E-state index in [4.69, 9.17) is 10.5 Å². The first-order valence-electron chi connectivity index (χ1n) is 6.81. The van der Waals surface area contributed by atoms with Crippen LogP contribution in [0.4, 0.5) is 10.5 Å². The van der Waals surface area contributed by atoms with Crippen LogP contribution in [-0.4, -0.2) is 56.7 Å². The van der Waals surface area contributed by atoms with Crippen LogP contribution in [0, 0.1) is 0 Å². The number of benzene rings is 1. The van der Waals surface area contributed by atoms with Crippen LogP contribution in [0.1, 0.15) is 0 Å². The number of carbonyl (C=O) groups is 2. The molecule has 7 heteroatoms. The number of hydrogen-bond acceptors (Lipinski definition) is 4. The first-order chi connectivity index (χ1) is 10.1. The predicted molar refractivity (Wildman–Crippen MR) is 79.4 cm³/mol. The average Bonchev–Trinajstić information content (AvgIpc) is 2.52. The fraction of sp³-hybridized carbons (Fsp3) is 0.429. The number of primary amides is 1. The van der Waals surface area contributed by atoms with Gasteiger partial charge >= 0.3 is 6.03 Å². The molecule has 0 radical (unpaired) electrons. The van der Waals surface area contributed by atoms with Crippen LogP contribution in [0.5, 0.6) is 5.75 Å². The number of hydrogen-bond donors (Lipinski definition) is 2. The van der Waals surface area contributed by atoms with E-state index >= 15 is 0 Å². The number of rotatable bonds is 4. The lowest BCUT2D eigenvalue weighted by Gasteiger charge is -2.36. The Morgan fingerprint density at radius 1 is 1.24 bits per heavy atom. The maximum absolute atomic E-state index is 11.9. The van der Waals surface area contributed by atoms with E-state index in [1.807, 2.05) is 24.3 Å². The third kappa shape index (κ3) is 3.77. The molecule has 1 saturated heterocycles. The van der Waals surface area contributed by atoms with E-state index in [-0.39, 0.29) is 12.5 Å². The molecule has 114 valence electrons. The molecule has 0 saturated carbocycles. The highest BCUT2D eigenvalue weighted by Gasteiger charge is 2.22. The molecule has 0 aliphatic carbocycles. The highest BCUT2D eigenvalue weighted by molar-refractivity contribution is 5.83. The molecule has 1 aliphatic heterocycles. The number of amides is 3. The van der Waals surface area contributed by atoms with Gasteiger partial charge in [0.15, 0.2) is 0 Å². The van der Waals surface area contributed by atoms with Crippen molar-refractivity contribution >= 4 is 17.6 Å². The van der Waals surface area contributed by atoms with Gasteiger partial charge in [0.05, 0.1) is 19.3 Å². The fourth-order valence-electron chi connectivity index (χ4n) is 2.36. The van der Waals surface area contributed by atoms with Crippen molar-refractivity contribution in [2.75, 3.05) is 44.7 Å². The van der Waals surface area contributed by atoms with Crippen LogP contribution in [-0.2, 0) is 4.79 Å². The van der Waals surface area contributed by atoms with Gasteiger partial charge in [-0.25, -0.2) is 4.79 Å². The summed E-state index contributed by atoms with van der Waals surface area (Å²) < 4.78 is 5.35. The second-order valence-corrected chi connectivity index (χ2v) is 4.76. The highest BCUT2D eigenvalue weighted by Crippen LogP contribution is 2.28. The fourth-order valence-corrected chi connectivity index (χ4v) is 2.36. The molecule has 3 N–H and O–H groups in total. The standard InChI is InChI=1S/C14H20N4O3/c1-21-12-5-3-2-4-11(12)17-6-8-18(9-7-17)13(19)10-16-14(15)20/h2-5H,6-10H2,1H3,(H3,15,16,20). The molecule has 0 aromatic heterocycles. The smallest absolute Gasteiger partial charge is 0.312 e. The van der Waals surface area contributed by atoms with E-state index in [0.717, 1.165) is 24.5 Å². The molecule has 2 rings (SSSR count). The first-order valence-corrected chi connectivity index (χ1v) is 6.81. The molecule has 1 fully saturated rings. The Labute approximate surface area is 123 Å². The van der Waals surface area contributed by atoms with Crippen molar-refractivity contribution in [1.82, 2.24) is 10.2 Å². The van der Waals surface area contributed by atoms with Gasteiger partial charge < -0.3 is 25.6 Å². The Morgan fingerprint density at radius 3 is 2.52 bits per heavy atom. The topological polar surface area (TPSA) is 87.9 Å². The summed E-state index contributed by atoms with van der Waals surface area (Å²) in [6.07, 6.45) is 0. The molecular weight excluding hydrogens is 272 g/mol. The normalized spacial score (nSPS) is 14.7. The zero-order valence-electron chi connectivity index (χ0n) is 12.0. The summed E-state index contributed by atoms with van der Waals surface area (Å²) in [6, 6.07) is 7.13. The van der Waals surface area contributed by atoms with Gasteiger partial charge in [-0.05, 0) is 12.1 Å². The monoisotopic (exact) mass is 292 g/mol. The molecule has 0 atom stereocenters. The van der Waals surface area contributed by atoms with Gasteiger partial charge in [0.2, 0.25) is 5.91 Å². The molecule has 1 aromatic carbocycles. The minimum Gasteiger partial charge on any atom is -0.495 e. The number of piperazine rings is 1. The lowest BCUT2D eigenvalue weighted by atomic mass is 10.2. The van der Waals surface area contributed by atoms with Crippen molar-refractivity contribution in [3.8, 4) is 5.75 Å². The van der Waals surface area contributed by atoms with E-state index in [2.05, 4.69) is 10.2 Å². The van der Waals surface area contributed by atoms with Crippen LogP contribution in [0.2, 0.25) is 0 Å². The predicted octanol–water partition coefficient (Wildman–Crippen LogP) is 0.0121. The minimum absolute atomic E-state index is 0.0516. The van der Waals surface area contributed by atoms with E-state index in [0.29, 0.717) is 13.1 Å². The molecule has 0 spiro atoms. The number of carbonyl (C=O) groups excluding carboxylic acids is 2. The van der Waals surface area contributed by atoms with Gasteiger partial charge in [-0.3, -0.25) is 4.79 Å². The molecule has 0 unspecified atom stereocenters. The number of nitrogens with one attached hydrogen (secondary N) is 1. The summed E-state index contributed by atoms with van der Waals surface area (Å²) in [5.74, 6) is 0.709. The SMILES string of the molecule is COc1ccccc1N1CCN(C(=O)CNC(N)=O)CC1.